The highest BCUT2D eigenvalue weighted by atomic mass is 35.5. The third-order valence-electron chi connectivity index (χ3n) is 4.10. The van der Waals surface area contributed by atoms with Crippen molar-refractivity contribution < 1.29 is 9.90 Å². The molecular weight excluding hydrogens is 300 g/mol. The van der Waals surface area contributed by atoms with Gasteiger partial charge in [-0.1, -0.05) is 49.1 Å². The average Bonchev–Trinajstić information content (AvgIpc) is 2.53. The monoisotopic (exact) mass is 324 g/mol. The van der Waals surface area contributed by atoms with Gasteiger partial charge in [0.25, 0.3) is 0 Å². The molecule has 2 rings (SSSR count). The van der Waals surface area contributed by atoms with Crippen molar-refractivity contribution in [2.24, 2.45) is 0 Å². The van der Waals surface area contributed by atoms with Crippen LogP contribution in [0.25, 0.3) is 0 Å². The van der Waals surface area contributed by atoms with Crippen molar-refractivity contribution in [1.82, 2.24) is 10.6 Å². The molecule has 0 saturated heterocycles. The first-order valence-corrected chi connectivity index (χ1v) is 8.47. The number of aliphatic hydroxyl groups is 1. The van der Waals surface area contributed by atoms with E-state index >= 15 is 0 Å². The molecule has 0 aliphatic heterocycles. The minimum Gasteiger partial charge on any atom is -0.387 e. The number of nitrogens with one attached hydrogen (secondary N) is 2. The summed E-state index contributed by atoms with van der Waals surface area (Å²) < 4.78 is 0. The summed E-state index contributed by atoms with van der Waals surface area (Å²) >= 11 is 6.04. The van der Waals surface area contributed by atoms with Gasteiger partial charge in [-0.05, 0) is 18.9 Å². The molecule has 0 heterocycles. The number of carbonyl (C=O) groups is 1. The van der Waals surface area contributed by atoms with E-state index in [2.05, 4.69) is 10.6 Å². The van der Waals surface area contributed by atoms with Gasteiger partial charge in [-0.3, -0.25) is 4.79 Å². The molecule has 0 bridgehead atoms. The lowest BCUT2D eigenvalue weighted by atomic mass is 9.95. The van der Waals surface area contributed by atoms with Crippen LogP contribution in [0.1, 0.15) is 50.2 Å². The first kappa shape index (κ1) is 17.3. The van der Waals surface area contributed by atoms with E-state index in [0.717, 1.165) is 12.8 Å². The number of carbonyl (C=O) groups excluding carboxylic acids is 1. The van der Waals surface area contributed by atoms with Crippen LogP contribution in [0, 0.1) is 0 Å². The number of rotatable bonds is 7. The van der Waals surface area contributed by atoms with Crippen molar-refractivity contribution >= 4 is 17.5 Å². The topological polar surface area (TPSA) is 61.4 Å². The lowest BCUT2D eigenvalue weighted by Gasteiger charge is -2.22. The van der Waals surface area contributed by atoms with E-state index in [9.17, 15) is 9.90 Å². The van der Waals surface area contributed by atoms with Crippen molar-refractivity contribution in [3.8, 4) is 0 Å². The molecule has 1 aliphatic carbocycles. The molecule has 0 aromatic heterocycles. The Balaban J connectivity index is 1.62. The predicted octanol–water partition coefficient (Wildman–Crippen LogP) is 2.80. The number of halogens is 1. The van der Waals surface area contributed by atoms with Crippen LogP contribution >= 0.6 is 11.6 Å². The summed E-state index contributed by atoms with van der Waals surface area (Å²) in [4.78, 5) is 11.8. The zero-order chi connectivity index (χ0) is 15.8. The van der Waals surface area contributed by atoms with Gasteiger partial charge in [0.1, 0.15) is 0 Å². The summed E-state index contributed by atoms with van der Waals surface area (Å²) in [6, 6.07) is 7.61. The molecule has 0 radical (unpaired) electrons. The zero-order valence-electron chi connectivity index (χ0n) is 12.9. The van der Waals surface area contributed by atoms with E-state index in [-0.39, 0.29) is 5.91 Å². The second-order valence-corrected chi connectivity index (χ2v) is 6.30. The number of amides is 1. The van der Waals surface area contributed by atoms with Crippen LogP contribution in [0.4, 0.5) is 0 Å². The molecular formula is C17H25ClN2O2. The number of benzene rings is 1. The highest BCUT2D eigenvalue weighted by Gasteiger charge is 2.15. The van der Waals surface area contributed by atoms with Gasteiger partial charge in [0.15, 0.2) is 0 Å². The molecule has 1 amide bonds. The molecule has 1 aromatic rings. The molecule has 1 fully saturated rings. The fourth-order valence-corrected chi connectivity index (χ4v) is 3.10. The van der Waals surface area contributed by atoms with Crippen LogP contribution in [-0.4, -0.2) is 30.1 Å². The van der Waals surface area contributed by atoms with E-state index < -0.39 is 6.10 Å². The minimum absolute atomic E-state index is 0.0895. The number of hydrogen-bond acceptors (Lipinski definition) is 3. The highest BCUT2D eigenvalue weighted by Crippen LogP contribution is 2.21. The normalized spacial score (nSPS) is 17.2. The van der Waals surface area contributed by atoms with Crippen LogP contribution in [0.3, 0.4) is 0 Å². The fourth-order valence-electron chi connectivity index (χ4n) is 2.84. The van der Waals surface area contributed by atoms with E-state index in [1.807, 2.05) is 18.2 Å². The summed E-state index contributed by atoms with van der Waals surface area (Å²) in [5, 5.41) is 16.8. The Bertz CT molecular complexity index is 475. The van der Waals surface area contributed by atoms with Crippen molar-refractivity contribution in [3.63, 3.8) is 0 Å². The molecule has 22 heavy (non-hydrogen) atoms. The quantitative estimate of drug-likeness (QED) is 0.676. The SMILES string of the molecule is O=C(CCNCC(O)c1ccccc1Cl)NC1CCCCC1. The molecule has 0 spiro atoms. The Morgan fingerprint density at radius 3 is 2.73 bits per heavy atom. The Hall–Kier alpha value is -1.10. The van der Waals surface area contributed by atoms with E-state index in [4.69, 9.17) is 11.6 Å². The Morgan fingerprint density at radius 1 is 1.27 bits per heavy atom. The smallest absolute Gasteiger partial charge is 0.221 e. The second-order valence-electron chi connectivity index (χ2n) is 5.89. The van der Waals surface area contributed by atoms with Crippen molar-refractivity contribution in [3.05, 3.63) is 34.9 Å². The zero-order valence-corrected chi connectivity index (χ0v) is 13.6. The first-order chi connectivity index (χ1) is 10.7. The average molecular weight is 325 g/mol. The fraction of sp³-hybridized carbons (Fsp3) is 0.588. The molecule has 1 aliphatic rings. The van der Waals surface area contributed by atoms with Crippen LogP contribution in [0.15, 0.2) is 24.3 Å². The van der Waals surface area contributed by atoms with E-state index in [1.165, 1.54) is 19.3 Å². The standard InChI is InChI=1S/C17H25ClN2O2/c18-15-9-5-4-8-14(15)16(21)12-19-11-10-17(22)20-13-6-2-1-3-7-13/h4-5,8-9,13,16,19,21H,1-3,6-7,10-12H2,(H,20,22). The Kier molecular flexibility index (Phi) is 7.16. The minimum atomic E-state index is -0.657. The van der Waals surface area contributed by atoms with E-state index in [1.54, 1.807) is 6.07 Å². The van der Waals surface area contributed by atoms with Crippen molar-refractivity contribution in [1.29, 1.82) is 0 Å². The Labute approximate surface area is 137 Å². The molecule has 3 N–H and O–H groups in total. The summed E-state index contributed by atoms with van der Waals surface area (Å²) in [5.74, 6) is 0.0895. The lowest BCUT2D eigenvalue weighted by molar-refractivity contribution is -0.121. The van der Waals surface area contributed by atoms with Gasteiger partial charge >= 0.3 is 0 Å². The highest BCUT2D eigenvalue weighted by molar-refractivity contribution is 6.31. The summed E-state index contributed by atoms with van der Waals surface area (Å²) in [7, 11) is 0. The molecule has 1 unspecified atom stereocenters. The molecule has 1 aromatic carbocycles. The number of aliphatic hydroxyl groups excluding tert-OH is 1. The maximum atomic E-state index is 11.8. The number of hydrogen-bond donors (Lipinski definition) is 3. The molecule has 4 nitrogen and oxygen atoms in total. The van der Waals surface area contributed by atoms with Crippen LogP contribution < -0.4 is 10.6 Å². The molecule has 1 atom stereocenters. The first-order valence-electron chi connectivity index (χ1n) is 8.09. The third kappa shape index (κ3) is 5.59. The molecule has 122 valence electrons. The lowest BCUT2D eigenvalue weighted by Crippen LogP contribution is -2.37. The Morgan fingerprint density at radius 2 is 2.00 bits per heavy atom. The van der Waals surface area contributed by atoms with Crippen molar-refractivity contribution in [2.45, 2.75) is 50.7 Å². The van der Waals surface area contributed by atoms with Crippen LogP contribution in [-0.2, 0) is 4.79 Å². The largest absolute Gasteiger partial charge is 0.387 e. The summed E-state index contributed by atoms with van der Waals surface area (Å²) in [6.07, 6.45) is 5.70. The van der Waals surface area contributed by atoms with Gasteiger partial charge in [-0.15, -0.1) is 0 Å². The maximum absolute atomic E-state index is 11.8. The second kappa shape index (κ2) is 9.13. The van der Waals surface area contributed by atoms with Crippen molar-refractivity contribution in [2.75, 3.05) is 13.1 Å². The van der Waals surface area contributed by atoms with Crippen LogP contribution in [0.5, 0.6) is 0 Å². The summed E-state index contributed by atoms with van der Waals surface area (Å²) in [5.41, 5.74) is 0.711. The summed E-state index contributed by atoms with van der Waals surface area (Å²) in [6.45, 7) is 0.945. The van der Waals surface area contributed by atoms with Crippen LogP contribution in [0.2, 0.25) is 5.02 Å². The van der Waals surface area contributed by atoms with E-state index in [0.29, 0.717) is 36.1 Å². The van der Waals surface area contributed by atoms with Gasteiger partial charge in [0, 0.05) is 36.1 Å². The van der Waals surface area contributed by atoms with Gasteiger partial charge < -0.3 is 15.7 Å². The third-order valence-corrected chi connectivity index (χ3v) is 4.45. The molecule has 5 heteroatoms. The maximum Gasteiger partial charge on any atom is 0.221 e. The molecule has 1 saturated carbocycles. The van der Waals surface area contributed by atoms with Gasteiger partial charge in [-0.25, -0.2) is 0 Å². The van der Waals surface area contributed by atoms with Gasteiger partial charge in [-0.2, -0.15) is 0 Å². The predicted molar refractivity (Wildman–Crippen MR) is 88.9 cm³/mol. The van der Waals surface area contributed by atoms with Gasteiger partial charge in [0.2, 0.25) is 5.91 Å². The van der Waals surface area contributed by atoms with Gasteiger partial charge in [0.05, 0.1) is 6.10 Å².